The zero-order chi connectivity index (χ0) is 16.4. The van der Waals surface area contributed by atoms with Crippen LogP contribution in [0.1, 0.15) is 29.2 Å². The molecule has 0 saturated carbocycles. The van der Waals surface area contributed by atoms with Crippen LogP contribution < -0.4 is 0 Å². The number of likely N-dealkylation sites (tertiary alicyclic amines) is 1. The highest BCUT2D eigenvalue weighted by molar-refractivity contribution is 5.92. The highest BCUT2D eigenvalue weighted by Gasteiger charge is 2.28. The molecule has 0 spiro atoms. The van der Waals surface area contributed by atoms with Crippen LogP contribution in [-0.2, 0) is 13.1 Å². The molecule has 1 unspecified atom stereocenters. The van der Waals surface area contributed by atoms with Crippen molar-refractivity contribution >= 4 is 5.91 Å². The maximum absolute atomic E-state index is 12.9. The SMILES string of the molecule is O=C(c1ccccn1)N1Cc2nccn2CC(CN2CCCC2)C1. The topological polar surface area (TPSA) is 54.3 Å². The second-order valence-corrected chi connectivity index (χ2v) is 6.77. The molecule has 4 heterocycles. The Balaban J connectivity index is 1.55. The number of aromatic nitrogens is 3. The molecule has 2 aliphatic rings. The Kier molecular flexibility index (Phi) is 4.30. The largest absolute Gasteiger partial charge is 0.333 e. The van der Waals surface area contributed by atoms with E-state index < -0.39 is 0 Å². The van der Waals surface area contributed by atoms with Crippen molar-refractivity contribution in [2.75, 3.05) is 26.2 Å². The van der Waals surface area contributed by atoms with Crippen LogP contribution in [0.25, 0.3) is 0 Å². The number of hydrogen-bond donors (Lipinski definition) is 0. The van der Waals surface area contributed by atoms with Crippen molar-refractivity contribution < 1.29 is 4.79 Å². The van der Waals surface area contributed by atoms with E-state index in [1.807, 2.05) is 29.4 Å². The van der Waals surface area contributed by atoms with Gasteiger partial charge < -0.3 is 14.4 Å². The third-order valence-electron chi connectivity index (χ3n) is 4.95. The molecule has 0 bridgehead atoms. The Morgan fingerprint density at radius 3 is 2.79 bits per heavy atom. The average molecular weight is 325 g/mol. The number of carbonyl (C=O) groups is 1. The molecule has 0 aliphatic carbocycles. The van der Waals surface area contributed by atoms with Crippen molar-refractivity contribution in [2.24, 2.45) is 5.92 Å². The van der Waals surface area contributed by atoms with Gasteiger partial charge in [-0.15, -0.1) is 0 Å². The Morgan fingerprint density at radius 1 is 1.12 bits per heavy atom. The van der Waals surface area contributed by atoms with Crippen LogP contribution >= 0.6 is 0 Å². The molecular weight excluding hydrogens is 302 g/mol. The minimum atomic E-state index is -0.00141. The molecule has 4 rings (SSSR count). The van der Waals surface area contributed by atoms with E-state index in [1.54, 1.807) is 12.3 Å². The summed E-state index contributed by atoms with van der Waals surface area (Å²) in [4.78, 5) is 26.0. The first-order valence-corrected chi connectivity index (χ1v) is 8.72. The first-order chi connectivity index (χ1) is 11.8. The van der Waals surface area contributed by atoms with Crippen LogP contribution in [0, 0.1) is 5.92 Å². The molecule has 1 atom stereocenters. The molecule has 1 amide bonds. The van der Waals surface area contributed by atoms with Gasteiger partial charge in [-0.3, -0.25) is 9.78 Å². The number of amides is 1. The molecule has 6 heteroatoms. The van der Waals surface area contributed by atoms with Gasteiger partial charge in [0.25, 0.3) is 5.91 Å². The smallest absolute Gasteiger partial charge is 0.272 e. The summed E-state index contributed by atoms with van der Waals surface area (Å²) in [6, 6.07) is 5.48. The minimum Gasteiger partial charge on any atom is -0.333 e. The monoisotopic (exact) mass is 325 g/mol. The van der Waals surface area contributed by atoms with Gasteiger partial charge in [0, 0.05) is 44.1 Å². The van der Waals surface area contributed by atoms with Gasteiger partial charge in [-0.2, -0.15) is 0 Å². The van der Waals surface area contributed by atoms with E-state index in [1.165, 1.54) is 25.9 Å². The summed E-state index contributed by atoms with van der Waals surface area (Å²) < 4.78 is 2.20. The van der Waals surface area contributed by atoms with Crippen LogP contribution in [0.2, 0.25) is 0 Å². The van der Waals surface area contributed by atoms with Gasteiger partial charge in [-0.05, 0) is 38.1 Å². The number of rotatable bonds is 3. The first kappa shape index (κ1) is 15.3. The molecular formula is C18H23N5O. The maximum Gasteiger partial charge on any atom is 0.272 e. The Labute approximate surface area is 142 Å². The van der Waals surface area contributed by atoms with E-state index in [0.717, 1.165) is 25.5 Å². The molecule has 1 fully saturated rings. The molecule has 1 saturated heterocycles. The molecule has 2 aromatic rings. The standard InChI is InChI=1S/C18H23N5O/c24-18(16-5-1-2-6-19-16)23-13-15(11-21-8-3-4-9-21)12-22-10-7-20-17(22)14-23/h1-2,5-7,10,15H,3-4,8-9,11-14H2. The molecule has 126 valence electrons. The van der Waals surface area contributed by atoms with Crippen molar-refractivity contribution in [3.63, 3.8) is 0 Å². The molecule has 0 aromatic carbocycles. The summed E-state index contributed by atoms with van der Waals surface area (Å²) in [5, 5.41) is 0. The highest BCUT2D eigenvalue weighted by atomic mass is 16.2. The molecule has 0 N–H and O–H groups in total. The lowest BCUT2D eigenvalue weighted by Gasteiger charge is -2.27. The Hall–Kier alpha value is -2.21. The number of carbonyl (C=O) groups excluding carboxylic acids is 1. The van der Waals surface area contributed by atoms with Crippen molar-refractivity contribution in [1.29, 1.82) is 0 Å². The molecule has 2 aliphatic heterocycles. The van der Waals surface area contributed by atoms with E-state index in [4.69, 9.17) is 0 Å². The van der Waals surface area contributed by atoms with E-state index in [9.17, 15) is 4.79 Å². The summed E-state index contributed by atoms with van der Waals surface area (Å²) in [6.45, 7) is 5.65. The van der Waals surface area contributed by atoms with Crippen LogP contribution in [0.4, 0.5) is 0 Å². The predicted octanol–water partition coefficient (Wildman–Crippen LogP) is 1.65. The lowest BCUT2D eigenvalue weighted by atomic mass is 10.1. The molecule has 0 radical (unpaired) electrons. The van der Waals surface area contributed by atoms with E-state index in [2.05, 4.69) is 19.4 Å². The third-order valence-corrected chi connectivity index (χ3v) is 4.95. The van der Waals surface area contributed by atoms with Gasteiger partial charge in [0.15, 0.2) is 0 Å². The van der Waals surface area contributed by atoms with Crippen LogP contribution in [-0.4, -0.2) is 56.4 Å². The second kappa shape index (κ2) is 6.73. The lowest BCUT2D eigenvalue weighted by Crippen LogP contribution is -2.38. The quantitative estimate of drug-likeness (QED) is 0.861. The number of hydrogen-bond acceptors (Lipinski definition) is 4. The molecule has 2 aromatic heterocycles. The van der Waals surface area contributed by atoms with Crippen molar-refractivity contribution in [3.8, 4) is 0 Å². The van der Waals surface area contributed by atoms with Gasteiger partial charge in [0.2, 0.25) is 0 Å². The number of fused-ring (bicyclic) bond motifs is 1. The zero-order valence-electron chi connectivity index (χ0n) is 13.8. The van der Waals surface area contributed by atoms with E-state index >= 15 is 0 Å². The fourth-order valence-corrected chi connectivity index (χ4v) is 3.79. The third kappa shape index (κ3) is 3.19. The highest BCUT2D eigenvalue weighted by Crippen LogP contribution is 2.20. The van der Waals surface area contributed by atoms with Gasteiger partial charge in [0.05, 0.1) is 6.54 Å². The fraction of sp³-hybridized carbons (Fsp3) is 0.500. The summed E-state index contributed by atoms with van der Waals surface area (Å²) in [5.41, 5.74) is 0.512. The van der Waals surface area contributed by atoms with Gasteiger partial charge in [0.1, 0.15) is 11.5 Å². The normalized spacial score (nSPS) is 21.5. The number of nitrogens with zero attached hydrogens (tertiary/aromatic N) is 5. The minimum absolute atomic E-state index is 0.00141. The van der Waals surface area contributed by atoms with Gasteiger partial charge in [-0.1, -0.05) is 6.07 Å². The summed E-state index contributed by atoms with van der Waals surface area (Å²) in [7, 11) is 0. The van der Waals surface area contributed by atoms with Gasteiger partial charge in [-0.25, -0.2) is 4.98 Å². The second-order valence-electron chi connectivity index (χ2n) is 6.77. The average Bonchev–Trinajstić information content (AvgIpc) is 3.24. The Morgan fingerprint density at radius 2 is 2.00 bits per heavy atom. The predicted molar refractivity (Wildman–Crippen MR) is 90.4 cm³/mol. The van der Waals surface area contributed by atoms with Crippen LogP contribution in [0.15, 0.2) is 36.8 Å². The number of pyridine rings is 1. The van der Waals surface area contributed by atoms with Crippen molar-refractivity contribution in [3.05, 3.63) is 48.3 Å². The fourth-order valence-electron chi connectivity index (χ4n) is 3.79. The van der Waals surface area contributed by atoms with Crippen molar-refractivity contribution in [2.45, 2.75) is 25.9 Å². The van der Waals surface area contributed by atoms with Crippen LogP contribution in [0.3, 0.4) is 0 Å². The maximum atomic E-state index is 12.9. The van der Waals surface area contributed by atoms with Gasteiger partial charge >= 0.3 is 0 Å². The lowest BCUT2D eigenvalue weighted by molar-refractivity contribution is 0.0701. The summed E-state index contributed by atoms with van der Waals surface area (Å²) >= 11 is 0. The molecule has 24 heavy (non-hydrogen) atoms. The van der Waals surface area contributed by atoms with E-state index in [-0.39, 0.29) is 5.91 Å². The van der Waals surface area contributed by atoms with Crippen LogP contribution in [0.5, 0.6) is 0 Å². The number of imidazole rings is 1. The molecule has 6 nitrogen and oxygen atoms in total. The Bertz CT molecular complexity index is 692. The summed E-state index contributed by atoms with van der Waals surface area (Å²) in [6.07, 6.45) is 8.12. The van der Waals surface area contributed by atoms with E-state index in [0.29, 0.717) is 18.2 Å². The van der Waals surface area contributed by atoms with Crippen molar-refractivity contribution in [1.82, 2.24) is 24.3 Å². The zero-order valence-corrected chi connectivity index (χ0v) is 13.8. The first-order valence-electron chi connectivity index (χ1n) is 8.72. The summed E-state index contributed by atoms with van der Waals surface area (Å²) in [5.74, 6) is 1.38.